The van der Waals surface area contributed by atoms with Gasteiger partial charge in [-0.15, -0.1) is 0 Å². The van der Waals surface area contributed by atoms with E-state index in [1.807, 2.05) is 6.07 Å². The number of amides is 1. The number of carboxylic acids is 1. The van der Waals surface area contributed by atoms with Crippen LogP contribution in [-0.4, -0.2) is 57.5 Å². The number of likely N-dealkylation sites (tertiary alicyclic amines) is 1. The van der Waals surface area contributed by atoms with E-state index in [0.29, 0.717) is 13.0 Å². The molecule has 140 valence electrons. The lowest BCUT2D eigenvalue weighted by Gasteiger charge is -2.39. The van der Waals surface area contributed by atoms with Crippen molar-refractivity contribution < 1.29 is 14.7 Å². The van der Waals surface area contributed by atoms with Crippen molar-refractivity contribution in [3.63, 3.8) is 0 Å². The molecule has 4 rings (SSSR count). The zero-order chi connectivity index (χ0) is 18.3. The number of carbonyl (C=O) groups is 2. The predicted octanol–water partition coefficient (Wildman–Crippen LogP) is 1.72. The third-order valence-electron chi connectivity index (χ3n) is 6.22. The molecule has 26 heavy (non-hydrogen) atoms. The smallest absolute Gasteiger partial charge is 0.326 e. The average Bonchev–Trinajstić information content (AvgIpc) is 3.44. The van der Waals surface area contributed by atoms with Crippen molar-refractivity contribution in [2.24, 2.45) is 11.3 Å². The fourth-order valence-corrected chi connectivity index (χ4v) is 4.40. The van der Waals surface area contributed by atoms with Gasteiger partial charge in [0, 0.05) is 37.3 Å². The Hall–Kier alpha value is -2.18. The molecule has 3 heterocycles. The summed E-state index contributed by atoms with van der Waals surface area (Å²) in [5.74, 6) is 0.216. The van der Waals surface area contributed by atoms with E-state index in [9.17, 15) is 14.7 Å². The molecule has 1 unspecified atom stereocenters. The molecule has 2 saturated heterocycles. The van der Waals surface area contributed by atoms with Gasteiger partial charge in [-0.2, -0.15) is 0 Å². The van der Waals surface area contributed by atoms with E-state index in [-0.39, 0.29) is 17.2 Å². The number of carbonyl (C=O) groups excluding carboxylic acids is 1. The third-order valence-corrected chi connectivity index (χ3v) is 6.22. The third kappa shape index (κ3) is 3.15. The monoisotopic (exact) mass is 358 g/mol. The van der Waals surface area contributed by atoms with E-state index in [4.69, 9.17) is 0 Å². The van der Waals surface area contributed by atoms with E-state index >= 15 is 0 Å². The minimum Gasteiger partial charge on any atom is -0.480 e. The molecule has 1 atom stereocenters. The molecule has 0 radical (unpaired) electrons. The maximum Gasteiger partial charge on any atom is 0.326 e. The molecule has 7 heteroatoms. The molecule has 1 amide bonds. The van der Waals surface area contributed by atoms with E-state index in [0.717, 1.165) is 56.7 Å². The molecule has 2 aliphatic heterocycles. The van der Waals surface area contributed by atoms with Gasteiger partial charge in [-0.3, -0.25) is 4.79 Å². The minimum atomic E-state index is -0.860. The Kier molecular flexibility index (Phi) is 4.32. The molecular formula is C19H26N4O3. The maximum absolute atomic E-state index is 12.5. The van der Waals surface area contributed by atoms with Crippen molar-refractivity contribution in [1.29, 1.82) is 0 Å². The Morgan fingerprint density at radius 3 is 2.62 bits per heavy atom. The Morgan fingerprint density at radius 2 is 2.00 bits per heavy atom. The molecule has 1 aromatic rings. The zero-order valence-corrected chi connectivity index (χ0v) is 15.2. The Labute approximate surface area is 153 Å². The van der Waals surface area contributed by atoms with Crippen LogP contribution in [0.25, 0.3) is 0 Å². The summed E-state index contributed by atoms with van der Waals surface area (Å²) in [7, 11) is 0. The highest BCUT2D eigenvalue weighted by Crippen LogP contribution is 2.46. The summed E-state index contributed by atoms with van der Waals surface area (Å²) in [6.07, 6.45) is 6.70. The van der Waals surface area contributed by atoms with Crippen molar-refractivity contribution in [3.8, 4) is 0 Å². The van der Waals surface area contributed by atoms with Gasteiger partial charge in [-0.1, -0.05) is 6.92 Å². The second kappa shape index (κ2) is 6.52. The van der Waals surface area contributed by atoms with Crippen LogP contribution < -0.4 is 4.90 Å². The largest absolute Gasteiger partial charge is 0.480 e. The average molecular weight is 358 g/mol. The van der Waals surface area contributed by atoms with Crippen molar-refractivity contribution >= 4 is 17.7 Å². The number of aromatic nitrogens is 2. The molecule has 7 nitrogen and oxygen atoms in total. The number of piperidine rings is 1. The van der Waals surface area contributed by atoms with Gasteiger partial charge in [-0.25, -0.2) is 14.8 Å². The second-order valence-corrected chi connectivity index (χ2v) is 8.01. The van der Waals surface area contributed by atoms with Gasteiger partial charge in [0.05, 0.1) is 0 Å². The quantitative estimate of drug-likeness (QED) is 0.882. The highest BCUT2D eigenvalue weighted by Gasteiger charge is 2.51. The first-order valence-corrected chi connectivity index (χ1v) is 9.60. The minimum absolute atomic E-state index is 0.0556. The maximum atomic E-state index is 12.5. The Bertz CT molecular complexity index is 710. The fraction of sp³-hybridized carbons (Fsp3) is 0.684. The predicted molar refractivity (Wildman–Crippen MR) is 95.8 cm³/mol. The molecule has 1 spiro atoms. The van der Waals surface area contributed by atoms with E-state index < -0.39 is 12.0 Å². The van der Waals surface area contributed by atoms with Crippen LogP contribution in [0, 0.1) is 11.3 Å². The highest BCUT2D eigenvalue weighted by molar-refractivity contribution is 5.87. The van der Waals surface area contributed by atoms with Crippen LogP contribution in [0.2, 0.25) is 0 Å². The van der Waals surface area contributed by atoms with Crippen LogP contribution in [0.3, 0.4) is 0 Å². The van der Waals surface area contributed by atoms with Gasteiger partial charge >= 0.3 is 5.97 Å². The first kappa shape index (κ1) is 17.2. The van der Waals surface area contributed by atoms with Crippen molar-refractivity contribution in [2.45, 2.75) is 51.5 Å². The lowest BCUT2D eigenvalue weighted by atomic mass is 9.76. The van der Waals surface area contributed by atoms with Gasteiger partial charge in [-0.05, 0) is 43.9 Å². The zero-order valence-electron chi connectivity index (χ0n) is 15.2. The van der Waals surface area contributed by atoms with E-state index in [2.05, 4.69) is 21.8 Å². The molecule has 1 aromatic heterocycles. The summed E-state index contributed by atoms with van der Waals surface area (Å²) in [4.78, 5) is 36.8. The van der Waals surface area contributed by atoms with Crippen LogP contribution in [0.5, 0.6) is 0 Å². The number of rotatable bonds is 4. The number of anilines is 1. The van der Waals surface area contributed by atoms with E-state index in [1.54, 1.807) is 11.2 Å². The standard InChI is InChI=1S/C19H26N4O3/c1-2-14-9-16(21-12-20-14)22-7-5-19(6-8-22)10-15(18(25)26)23(11-19)17(24)13-3-4-13/h9,12-13,15H,2-8,10-11H2,1H3,(H,25,26). The van der Waals surface area contributed by atoms with Gasteiger partial charge in [0.1, 0.15) is 18.2 Å². The fourth-order valence-electron chi connectivity index (χ4n) is 4.40. The van der Waals surface area contributed by atoms with Crippen molar-refractivity contribution in [1.82, 2.24) is 14.9 Å². The second-order valence-electron chi connectivity index (χ2n) is 8.01. The summed E-state index contributed by atoms with van der Waals surface area (Å²) in [5.41, 5.74) is 0.966. The van der Waals surface area contributed by atoms with E-state index in [1.165, 1.54) is 0 Å². The van der Waals surface area contributed by atoms with Crippen LogP contribution in [0.4, 0.5) is 5.82 Å². The summed E-state index contributed by atoms with van der Waals surface area (Å²) >= 11 is 0. The van der Waals surface area contributed by atoms with Gasteiger partial charge in [0.25, 0.3) is 0 Å². The summed E-state index contributed by atoms with van der Waals surface area (Å²) in [6.45, 7) is 4.36. The molecule has 0 bridgehead atoms. The SMILES string of the molecule is CCc1cc(N2CCC3(CC2)CC(C(=O)O)N(C(=O)C2CC2)C3)ncn1. The molecule has 1 N–H and O–H groups in total. The highest BCUT2D eigenvalue weighted by atomic mass is 16.4. The van der Waals surface area contributed by atoms with Crippen LogP contribution in [-0.2, 0) is 16.0 Å². The number of hydrogen-bond donors (Lipinski definition) is 1. The van der Waals surface area contributed by atoms with Gasteiger partial charge < -0.3 is 14.9 Å². The van der Waals surface area contributed by atoms with Gasteiger partial charge in [0.2, 0.25) is 5.91 Å². The first-order valence-electron chi connectivity index (χ1n) is 9.60. The lowest BCUT2D eigenvalue weighted by Crippen LogP contribution is -2.43. The van der Waals surface area contributed by atoms with Crippen LogP contribution >= 0.6 is 0 Å². The van der Waals surface area contributed by atoms with Crippen molar-refractivity contribution in [2.75, 3.05) is 24.5 Å². The summed E-state index contributed by atoms with van der Waals surface area (Å²) in [6, 6.07) is 1.38. The normalized spacial score (nSPS) is 24.9. The number of carboxylic acid groups (broad SMARTS) is 1. The molecular weight excluding hydrogens is 332 g/mol. The molecule has 3 fully saturated rings. The first-order chi connectivity index (χ1) is 12.5. The van der Waals surface area contributed by atoms with Gasteiger partial charge in [0.15, 0.2) is 0 Å². The van der Waals surface area contributed by atoms with Crippen LogP contribution in [0.15, 0.2) is 12.4 Å². The Balaban J connectivity index is 1.45. The number of nitrogens with zero attached hydrogens (tertiary/aromatic N) is 4. The molecule has 0 aromatic carbocycles. The number of aryl methyl sites for hydroxylation is 1. The Morgan fingerprint density at radius 1 is 1.27 bits per heavy atom. The summed E-state index contributed by atoms with van der Waals surface area (Å²) in [5, 5.41) is 9.62. The number of aliphatic carboxylic acids is 1. The topological polar surface area (TPSA) is 86.6 Å². The molecule has 1 saturated carbocycles. The lowest BCUT2D eigenvalue weighted by molar-refractivity contribution is -0.148. The van der Waals surface area contributed by atoms with Crippen LogP contribution in [0.1, 0.15) is 44.7 Å². The molecule has 3 aliphatic rings. The summed E-state index contributed by atoms with van der Waals surface area (Å²) < 4.78 is 0. The number of hydrogen-bond acceptors (Lipinski definition) is 5. The molecule has 1 aliphatic carbocycles. The van der Waals surface area contributed by atoms with Crippen molar-refractivity contribution in [3.05, 3.63) is 18.1 Å².